The first kappa shape index (κ1) is 26.9. The number of aliphatic hydroxyl groups is 1. The lowest BCUT2D eigenvalue weighted by atomic mass is 10.1. The molecule has 0 bridgehead atoms. The third-order valence-electron chi connectivity index (χ3n) is 5.62. The van der Waals surface area contributed by atoms with Crippen molar-refractivity contribution in [3.8, 4) is 5.75 Å². The molecule has 37 heavy (non-hydrogen) atoms. The lowest BCUT2D eigenvalue weighted by Crippen LogP contribution is -2.46. The van der Waals surface area contributed by atoms with Gasteiger partial charge in [-0.15, -0.1) is 11.3 Å². The molecule has 5 N–H and O–H groups in total. The van der Waals surface area contributed by atoms with Crippen LogP contribution < -0.4 is 20.5 Å². The van der Waals surface area contributed by atoms with Gasteiger partial charge in [0.25, 0.3) is 10.0 Å². The number of anilines is 1. The normalized spacial score (nSPS) is 13.3. The van der Waals surface area contributed by atoms with Crippen molar-refractivity contribution in [3.63, 3.8) is 0 Å². The predicted octanol–water partition coefficient (Wildman–Crippen LogP) is 2.93. The number of methoxy groups -OCH3 is 1. The van der Waals surface area contributed by atoms with Gasteiger partial charge in [0.15, 0.2) is 5.82 Å². The summed E-state index contributed by atoms with van der Waals surface area (Å²) in [5.41, 5.74) is 8.05. The van der Waals surface area contributed by atoms with Crippen LogP contribution in [0, 0.1) is 0 Å². The highest BCUT2D eigenvalue weighted by Crippen LogP contribution is 2.35. The number of amides is 1. The number of ether oxygens (including phenoxy) is 1. The Hall–Kier alpha value is -3.16. The molecular weight excluding hydrogens is 538 g/mol. The number of hydrogen-bond donors (Lipinski definition) is 4. The molecule has 0 aliphatic rings. The molecule has 2 atom stereocenters. The van der Waals surface area contributed by atoms with E-state index in [2.05, 4.69) is 15.1 Å². The largest absolute Gasteiger partial charge is 0.496 e. The monoisotopic (exact) mass is 563 g/mol. The van der Waals surface area contributed by atoms with Crippen LogP contribution in [0.4, 0.5) is 5.82 Å². The fourth-order valence-corrected chi connectivity index (χ4v) is 6.21. The third kappa shape index (κ3) is 6.05. The highest BCUT2D eigenvalue weighted by molar-refractivity contribution is 7.94. The fourth-order valence-electron chi connectivity index (χ4n) is 3.72. The fraction of sp³-hybridized carbons (Fsp3) is 0.250. The van der Waals surface area contributed by atoms with Gasteiger partial charge in [0.2, 0.25) is 5.91 Å². The number of nitrogens with zero attached hydrogens (tertiary/aromatic N) is 2. The average molecular weight is 564 g/mol. The second-order valence-electron chi connectivity index (χ2n) is 8.33. The number of benzene rings is 2. The zero-order valence-corrected chi connectivity index (χ0v) is 22.4. The van der Waals surface area contributed by atoms with Crippen LogP contribution in [0.2, 0.25) is 4.34 Å². The van der Waals surface area contributed by atoms with Crippen molar-refractivity contribution in [2.75, 3.05) is 11.8 Å². The van der Waals surface area contributed by atoms with E-state index in [-0.39, 0.29) is 16.6 Å². The summed E-state index contributed by atoms with van der Waals surface area (Å²) >= 11 is 6.88. The van der Waals surface area contributed by atoms with Crippen LogP contribution in [0.25, 0.3) is 10.9 Å². The second kappa shape index (κ2) is 11.1. The topological polar surface area (TPSA) is 149 Å². The summed E-state index contributed by atoms with van der Waals surface area (Å²) in [7, 11) is -2.41. The van der Waals surface area contributed by atoms with E-state index in [9.17, 15) is 18.3 Å². The molecule has 0 radical (unpaired) electrons. The van der Waals surface area contributed by atoms with Gasteiger partial charge in [-0.05, 0) is 42.3 Å². The Morgan fingerprint density at radius 2 is 1.95 bits per heavy atom. The molecule has 2 heterocycles. The SMILES string of the molecule is COc1cccc2c1c(NS(=O)(=O)c1ccc(Cl)s1)nn2Cc1cccc(CNC(=O)C(N)C(C)O)c1. The molecule has 196 valence electrons. The third-order valence-corrected chi connectivity index (χ3v) is 8.68. The van der Waals surface area contributed by atoms with Crippen molar-refractivity contribution >= 4 is 55.6 Å². The Labute approximate surface area is 223 Å². The van der Waals surface area contributed by atoms with Gasteiger partial charge in [-0.3, -0.25) is 14.2 Å². The summed E-state index contributed by atoms with van der Waals surface area (Å²) in [6.07, 6.45) is -0.958. The van der Waals surface area contributed by atoms with Gasteiger partial charge < -0.3 is 20.9 Å². The number of nitrogens with one attached hydrogen (secondary N) is 2. The van der Waals surface area contributed by atoms with E-state index in [1.54, 1.807) is 16.8 Å². The van der Waals surface area contributed by atoms with Gasteiger partial charge in [-0.25, -0.2) is 8.42 Å². The maximum Gasteiger partial charge on any atom is 0.272 e. The van der Waals surface area contributed by atoms with E-state index in [4.69, 9.17) is 22.1 Å². The number of fused-ring (bicyclic) bond motifs is 1. The summed E-state index contributed by atoms with van der Waals surface area (Å²) in [6, 6.07) is 14.8. The first-order chi connectivity index (χ1) is 17.6. The Balaban J connectivity index is 1.62. The summed E-state index contributed by atoms with van der Waals surface area (Å²) in [6.45, 7) is 2.01. The van der Waals surface area contributed by atoms with Gasteiger partial charge in [0.05, 0.1) is 35.0 Å². The maximum atomic E-state index is 13.0. The second-order valence-corrected chi connectivity index (χ2v) is 12.0. The summed E-state index contributed by atoms with van der Waals surface area (Å²) < 4.78 is 36.1. The Kier molecular flexibility index (Phi) is 8.05. The number of aromatic nitrogens is 2. The van der Waals surface area contributed by atoms with Crippen molar-refractivity contribution in [2.45, 2.75) is 36.4 Å². The number of sulfonamides is 1. The molecule has 2 unspecified atom stereocenters. The number of hydrogen-bond acceptors (Lipinski definition) is 8. The van der Waals surface area contributed by atoms with E-state index in [0.717, 1.165) is 22.5 Å². The number of rotatable bonds is 10. The summed E-state index contributed by atoms with van der Waals surface area (Å²) in [5.74, 6) is 0.151. The zero-order chi connectivity index (χ0) is 26.7. The lowest BCUT2D eigenvalue weighted by molar-refractivity contribution is -0.124. The van der Waals surface area contributed by atoms with Crippen LogP contribution in [0.3, 0.4) is 0 Å². The van der Waals surface area contributed by atoms with Crippen molar-refractivity contribution in [2.24, 2.45) is 5.73 Å². The highest BCUT2D eigenvalue weighted by Gasteiger charge is 2.23. The van der Waals surface area contributed by atoms with Gasteiger partial charge in [-0.2, -0.15) is 5.10 Å². The average Bonchev–Trinajstić information content (AvgIpc) is 3.46. The van der Waals surface area contributed by atoms with Crippen LogP contribution >= 0.6 is 22.9 Å². The number of carbonyl (C=O) groups is 1. The van der Waals surface area contributed by atoms with Gasteiger partial charge >= 0.3 is 0 Å². The smallest absolute Gasteiger partial charge is 0.272 e. The van der Waals surface area contributed by atoms with Crippen molar-refractivity contribution in [1.29, 1.82) is 0 Å². The lowest BCUT2D eigenvalue weighted by Gasteiger charge is -2.15. The molecule has 0 fully saturated rings. The Morgan fingerprint density at radius 1 is 1.22 bits per heavy atom. The van der Waals surface area contributed by atoms with Crippen LogP contribution in [0.1, 0.15) is 18.1 Å². The van der Waals surface area contributed by atoms with Gasteiger partial charge in [0, 0.05) is 6.54 Å². The molecule has 1 amide bonds. The van der Waals surface area contributed by atoms with Crippen LogP contribution in [0.5, 0.6) is 5.75 Å². The number of halogens is 1. The number of nitrogens with two attached hydrogens (primary N) is 1. The van der Waals surface area contributed by atoms with Crippen molar-refractivity contribution < 1.29 is 23.1 Å². The standard InChI is InChI=1S/C24H26ClN5O5S2/c1-14(31)22(26)24(32)27-12-15-5-3-6-16(11-15)13-30-17-7-4-8-18(35-2)21(17)23(28-30)29-37(33,34)20-10-9-19(25)36-20/h3-11,14,22,31H,12-13,26H2,1-2H3,(H,27,32)(H,28,29). The zero-order valence-electron chi connectivity index (χ0n) is 20.0. The van der Waals surface area contributed by atoms with E-state index in [1.165, 1.54) is 26.2 Å². The molecule has 4 rings (SSSR count). The molecule has 10 nitrogen and oxygen atoms in total. The summed E-state index contributed by atoms with van der Waals surface area (Å²) in [5, 5.41) is 17.3. The van der Waals surface area contributed by atoms with Crippen molar-refractivity contribution in [1.82, 2.24) is 15.1 Å². The molecule has 4 aromatic rings. The predicted molar refractivity (Wildman–Crippen MR) is 143 cm³/mol. The van der Waals surface area contributed by atoms with E-state index < -0.39 is 28.1 Å². The molecule has 0 saturated heterocycles. The molecule has 13 heteroatoms. The van der Waals surface area contributed by atoms with Crippen molar-refractivity contribution in [3.05, 3.63) is 70.1 Å². The highest BCUT2D eigenvalue weighted by atomic mass is 35.5. The molecule has 0 aliphatic heterocycles. The van der Waals surface area contributed by atoms with Gasteiger partial charge in [0.1, 0.15) is 16.0 Å². The van der Waals surface area contributed by atoms with Gasteiger partial charge in [-0.1, -0.05) is 41.9 Å². The van der Waals surface area contributed by atoms with Crippen LogP contribution in [0.15, 0.2) is 58.8 Å². The summed E-state index contributed by atoms with van der Waals surface area (Å²) in [4.78, 5) is 12.1. The Bertz CT molecular complexity index is 1530. The quantitative estimate of drug-likeness (QED) is 0.232. The molecule has 0 spiro atoms. The maximum absolute atomic E-state index is 13.0. The minimum atomic E-state index is -3.92. The van der Waals surface area contributed by atoms with E-state index in [0.29, 0.717) is 27.5 Å². The molecule has 2 aromatic carbocycles. The molecule has 0 saturated carbocycles. The van der Waals surface area contributed by atoms with E-state index in [1.807, 2.05) is 30.3 Å². The first-order valence-electron chi connectivity index (χ1n) is 11.2. The minimum absolute atomic E-state index is 0.0696. The minimum Gasteiger partial charge on any atom is -0.496 e. The van der Waals surface area contributed by atoms with Crippen LogP contribution in [-0.2, 0) is 27.9 Å². The van der Waals surface area contributed by atoms with Crippen LogP contribution in [-0.4, -0.2) is 48.5 Å². The molecule has 2 aromatic heterocycles. The number of aliphatic hydroxyl groups excluding tert-OH is 1. The molecular formula is C24H26ClN5O5S2. The number of thiophene rings is 1. The number of carbonyl (C=O) groups excluding carboxylic acids is 1. The Morgan fingerprint density at radius 3 is 2.62 bits per heavy atom. The first-order valence-corrected chi connectivity index (χ1v) is 13.9. The molecule has 0 aliphatic carbocycles. The van der Waals surface area contributed by atoms with E-state index >= 15 is 0 Å².